The Hall–Kier alpha value is -2.86. The normalized spacial score (nSPS) is 16.2. The van der Waals surface area contributed by atoms with Crippen molar-refractivity contribution in [2.24, 2.45) is 0 Å². The average Bonchev–Trinajstić information content (AvgIpc) is 3.20. The lowest BCUT2D eigenvalue weighted by Crippen LogP contribution is -2.46. The Balaban J connectivity index is 1.47. The fourth-order valence-electron chi connectivity index (χ4n) is 2.50. The fourth-order valence-corrected chi connectivity index (χ4v) is 2.50. The zero-order valence-corrected chi connectivity index (χ0v) is 13.7. The molecule has 0 aromatic heterocycles. The Bertz CT molecular complexity index is 710. The zero-order valence-electron chi connectivity index (χ0n) is 13.7. The van der Waals surface area contributed by atoms with Crippen LogP contribution in [0.1, 0.15) is 28.8 Å². The second kappa shape index (κ2) is 8.30. The molecular formula is C19H20N2O4. The number of hydrazine groups is 1. The van der Waals surface area contributed by atoms with E-state index in [2.05, 4.69) is 10.9 Å². The molecule has 1 aliphatic rings. The Morgan fingerprint density at radius 1 is 1.04 bits per heavy atom. The van der Waals surface area contributed by atoms with Crippen LogP contribution >= 0.6 is 0 Å². The molecule has 6 heteroatoms. The van der Waals surface area contributed by atoms with Crippen molar-refractivity contribution in [1.29, 1.82) is 0 Å². The quantitative estimate of drug-likeness (QED) is 0.818. The molecule has 1 heterocycles. The lowest BCUT2D eigenvalue weighted by Gasteiger charge is -2.11. The Kier molecular flexibility index (Phi) is 5.64. The van der Waals surface area contributed by atoms with Gasteiger partial charge in [0.15, 0.2) is 0 Å². The molecule has 1 aliphatic heterocycles. The van der Waals surface area contributed by atoms with Crippen LogP contribution in [0.25, 0.3) is 0 Å². The van der Waals surface area contributed by atoms with Crippen LogP contribution in [-0.4, -0.2) is 24.5 Å². The van der Waals surface area contributed by atoms with Gasteiger partial charge in [-0.1, -0.05) is 30.3 Å². The molecule has 0 saturated carbocycles. The van der Waals surface area contributed by atoms with Crippen LogP contribution in [-0.2, 0) is 16.1 Å². The summed E-state index contributed by atoms with van der Waals surface area (Å²) in [7, 11) is 0. The molecule has 1 saturated heterocycles. The van der Waals surface area contributed by atoms with Crippen molar-refractivity contribution < 1.29 is 19.1 Å². The second-order valence-corrected chi connectivity index (χ2v) is 5.74. The minimum absolute atomic E-state index is 0.325. The van der Waals surface area contributed by atoms with Crippen molar-refractivity contribution >= 4 is 11.8 Å². The van der Waals surface area contributed by atoms with E-state index in [0.29, 0.717) is 30.9 Å². The van der Waals surface area contributed by atoms with Crippen molar-refractivity contribution in [3.05, 3.63) is 65.7 Å². The van der Waals surface area contributed by atoms with Crippen LogP contribution in [0, 0.1) is 0 Å². The summed E-state index contributed by atoms with van der Waals surface area (Å²) >= 11 is 0. The van der Waals surface area contributed by atoms with E-state index in [1.54, 1.807) is 24.3 Å². The van der Waals surface area contributed by atoms with Crippen LogP contribution in [0.15, 0.2) is 54.6 Å². The minimum Gasteiger partial charge on any atom is -0.489 e. The smallest absolute Gasteiger partial charge is 0.269 e. The van der Waals surface area contributed by atoms with Crippen LogP contribution in [0.5, 0.6) is 5.75 Å². The van der Waals surface area contributed by atoms with Crippen molar-refractivity contribution in [3.8, 4) is 5.75 Å². The molecular weight excluding hydrogens is 320 g/mol. The summed E-state index contributed by atoms with van der Waals surface area (Å²) in [6.45, 7) is 1.04. The highest BCUT2D eigenvalue weighted by atomic mass is 16.5. The van der Waals surface area contributed by atoms with Crippen molar-refractivity contribution in [2.45, 2.75) is 25.6 Å². The summed E-state index contributed by atoms with van der Waals surface area (Å²) in [6, 6.07) is 16.6. The number of ether oxygens (including phenoxy) is 2. The maximum Gasteiger partial charge on any atom is 0.269 e. The van der Waals surface area contributed by atoms with E-state index < -0.39 is 6.10 Å². The number of carbonyl (C=O) groups is 2. The molecule has 1 fully saturated rings. The number of amides is 2. The van der Waals surface area contributed by atoms with Crippen LogP contribution in [0.3, 0.4) is 0 Å². The van der Waals surface area contributed by atoms with Gasteiger partial charge in [-0.2, -0.15) is 0 Å². The van der Waals surface area contributed by atoms with Crippen LogP contribution in [0.4, 0.5) is 0 Å². The van der Waals surface area contributed by atoms with Gasteiger partial charge in [0.1, 0.15) is 18.5 Å². The van der Waals surface area contributed by atoms with E-state index in [-0.39, 0.29) is 11.8 Å². The predicted molar refractivity (Wildman–Crippen MR) is 91.8 cm³/mol. The third kappa shape index (κ3) is 4.81. The number of carbonyl (C=O) groups excluding carboxylic acids is 2. The first kappa shape index (κ1) is 17.0. The molecule has 25 heavy (non-hydrogen) atoms. The van der Waals surface area contributed by atoms with Gasteiger partial charge in [0.2, 0.25) is 0 Å². The summed E-state index contributed by atoms with van der Waals surface area (Å²) in [5.41, 5.74) is 6.28. The molecule has 0 radical (unpaired) electrons. The van der Waals surface area contributed by atoms with Gasteiger partial charge in [0.05, 0.1) is 0 Å². The first-order chi connectivity index (χ1) is 12.2. The molecule has 130 valence electrons. The molecule has 0 bridgehead atoms. The van der Waals surface area contributed by atoms with Gasteiger partial charge >= 0.3 is 0 Å². The van der Waals surface area contributed by atoms with E-state index in [9.17, 15) is 9.59 Å². The van der Waals surface area contributed by atoms with E-state index in [0.717, 1.165) is 12.0 Å². The zero-order chi connectivity index (χ0) is 17.5. The number of hydrogen-bond donors (Lipinski definition) is 2. The molecule has 2 amide bonds. The van der Waals surface area contributed by atoms with E-state index in [1.807, 2.05) is 30.3 Å². The third-order valence-corrected chi connectivity index (χ3v) is 3.89. The van der Waals surface area contributed by atoms with E-state index in [1.165, 1.54) is 0 Å². The first-order valence-corrected chi connectivity index (χ1v) is 8.21. The van der Waals surface area contributed by atoms with Gasteiger partial charge in [0, 0.05) is 12.2 Å². The summed E-state index contributed by atoms with van der Waals surface area (Å²) in [4.78, 5) is 23.8. The highest BCUT2D eigenvalue weighted by molar-refractivity contribution is 5.95. The molecule has 2 aromatic carbocycles. The van der Waals surface area contributed by atoms with Gasteiger partial charge in [-0.05, 0) is 42.7 Å². The van der Waals surface area contributed by atoms with Crippen molar-refractivity contribution in [1.82, 2.24) is 10.9 Å². The topological polar surface area (TPSA) is 76.7 Å². The average molecular weight is 340 g/mol. The summed E-state index contributed by atoms with van der Waals surface area (Å²) < 4.78 is 10.9. The largest absolute Gasteiger partial charge is 0.489 e. The highest BCUT2D eigenvalue weighted by Crippen LogP contribution is 2.14. The Morgan fingerprint density at radius 3 is 2.48 bits per heavy atom. The van der Waals surface area contributed by atoms with Crippen molar-refractivity contribution in [2.75, 3.05) is 6.61 Å². The lowest BCUT2D eigenvalue weighted by atomic mass is 10.2. The predicted octanol–water partition coefficient (Wildman–Crippen LogP) is 2.21. The Labute approximate surface area is 146 Å². The molecule has 1 atom stereocenters. The monoisotopic (exact) mass is 340 g/mol. The van der Waals surface area contributed by atoms with Gasteiger partial charge in [-0.25, -0.2) is 0 Å². The SMILES string of the molecule is O=C(NNC(=O)C1CCCO1)c1ccc(OCc2ccccc2)cc1. The third-order valence-electron chi connectivity index (χ3n) is 3.89. The molecule has 2 N–H and O–H groups in total. The summed E-state index contributed by atoms with van der Waals surface area (Å²) in [5, 5.41) is 0. The van der Waals surface area contributed by atoms with E-state index >= 15 is 0 Å². The number of rotatable bonds is 5. The maximum atomic E-state index is 12.0. The molecule has 2 aromatic rings. The highest BCUT2D eigenvalue weighted by Gasteiger charge is 2.23. The molecule has 0 spiro atoms. The van der Waals surface area contributed by atoms with Gasteiger partial charge in [0.25, 0.3) is 11.8 Å². The van der Waals surface area contributed by atoms with Crippen LogP contribution < -0.4 is 15.6 Å². The van der Waals surface area contributed by atoms with Crippen LogP contribution in [0.2, 0.25) is 0 Å². The van der Waals surface area contributed by atoms with Gasteiger partial charge in [-0.3, -0.25) is 20.4 Å². The Morgan fingerprint density at radius 2 is 1.80 bits per heavy atom. The second-order valence-electron chi connectivity index (χ2n) is 5.74. The first-order valence-electron chi connectivity index (χ1n) is 8.21. The van der Waals surface area contributed by atoms with E-state index in [4.69, 9.17) is 9.47 Å². The van der Waals surface area contributed by atoms with Gasteiger partial charge in [-0.15, -0.1) is 0 Å². The lowest BCUT2D eigenvalue weighted by molar-refractivity contribution is -0.130. The summed E-state index contributed by atoms with van der Waals surface area (Å²) in [5.74, 6) is -0.0431. The molecule has 3 rings (SSSR count). The van der Waals surface area contributed by atoms with Crippen molar-refractivity contribution in [3.63, 3.8) is 0 Å². The number of nitrogens with one attached hydrogen (secondary N) is 2. The van der Waals surface area contributed by atoms with Gasteiger partial charge < -0.3 is 9.47 Å². The number of benzene rings is 2. The molecule has 1 unspecified atom stereocenters. The molecule has 6 nitrogen and oxygen atoms in total. The fraction of sp³-hybridized carbons (Fsp3) is 0.263. The molecule has 0 aliphatic carbocycles. The maximum absolute atomic E-state index is 12.0. The standard InChI is InChI=1S/C19H20N2O4/c22-18(20-21-19(23)17-7-4-12-24-17)15-8-10-16(11-9-15)25-13-14-5-2-1-3-6-14/h1-3,5-6,8-11,17H,4,7,12-13H2,(H,20,22)(H,21,23). The number of hydrogen-bond acceptors (Lipinski definition) is 4. The minimum atomic E-state index is -0.478. The summed E-state index contributed by atoms with van der Waals surface area (Å²) in [6.07, 6.45) is 1.06.